The topological polar surface area (TPSA) is 47.4 Å². The molecule has 1 aromatic heterocycles. The Hall–Kier alpha value is -2.30. The number of nitrogens with zero attached hydrogens (tertiary/aromatic N) is 3. The zero-order valence-corrected chi connectivity index (χ0v) is 16.7. The molecule has 0 radical (unpaired) electrons. The summed E-state index contributed by atoms with van der Waals surface area (Å²) in [5.41, 5.74) is 1.81. The summed E-state index contributed by atoms with van der Waals surface area (Å²) in [6.45, 7) is 8.63. The van der Waals surface area contributed by atoms with Gasteiger partial charge in [0.25, 0.3) is 0 Å². The van der Waals surface area contributed by atoms with E-state index in [2.05, 4.69) is 35.8 Å². The molecule has 2 unspecified atom stereocenters. The zero-order chi connectivity index (χ0) is 19.2. The van der Waals surface area contributed by atoms with Crippen LogP contribution >= 0.6 is 0 Å². The van der Waals surface area contributed by atoms with Crippen molar-refractivity contribution in [1.82, 2.24) is 14.5 Å². The number of ether oxygens (including phenoxy) is 1. The van der Waals surface area contributed by atoms with Crippen LogP contribution in [0.4, 0.5) is 4.79 Å². The summed E-state index contributed by atoms with van der Waals surface area (Å²) in [6.07, 6.45) is 7.19. The van der Waals surface area contributed by atoms with E-state index in [1.54, 1.807) is 0 Å². The van der Waals surface area contributed by atoms with Crippen LogP contribution in [0, 0.1) is 18.8 Å². The van der Waals surface area contributed by atoms with E-state index in [1.165, 1.54) is 18.4 Å². The van der Waals surface area contributed by atoms with Crippen molar-refractivity contribution in [2.45, 2.75) is 58.6 Å². The Morgan fingerprint density at radius 2 is 2.07 bits per heavy atom. The van der Waals surface area contributed by atoms with Crippen LogP contribution in [-0.2, 0) is 4.74 Å². The molecule has 5 heteroatoms. The van der Waals surface area contributed by atoms with Gasteiger partial charge in [0.05, 0.1) is 6.04 Å². The molecule has 1 amide bonds. The number of likely N-dealkylation sites (tertiary alicyclic amines) is 1. The van der Waals surface area contributed by atoms with Crippen LogP contribution < -0.4 is 0 Å². The first-order chi connectivity index (χ1) is 12.8. The van der Waals surface area contributed by atoms with Crippen molar-refractivity contribution in [2.24, 2.45) is 11.8 Å². The van der Waals surface area contributed by atoms with E-state index in [0.717, 1.165) is 24.5 Å². The number of aromatic nitrogens is 2. The average molecular weight is 367 g/mol. The first kappa shape index (κ1) is 18.1. The van der Waals surface area contributed by atoms with E-state index in [0.29, 0.717) is 11.8 Å². The van der Waals surface area contributed by atoms with Gasteiger partial charge in [-0.25, -0.2) is 9.78 Å². The lowest BCUT2D eigenvalue weighted by atomic mass is 9.93. The third-order valence-corrected chi connectivity index (χ3v) is 5.73. The second-order valence-electron chi connectivity index (χ2n) is 8.93. The molecule has 1 saturated carbocycles. The molecule has 0 N–H and O–H groups in total. The molecule has 2 aromatic rings. The van der Waals surface area contributed by atoms with E-state index >= 15 is 0 Å². The standard InChI is InChI=1S/C22H29N3O2/c1-15-7-5-9-17(13-15)24-12-11-23-20(24)19-18-10-6-8-16(18)14-25(19)21(26)27-22(2,3)4/h5,7,9,11-13,16,18-19H,6,8,10,14H2,1-4H3/t16?,18-,19?/m0/s1. The van der Waals surface area contributed by atoms with Gasteiger partial charge in [-0.2, -0.15) is 0 Å². The quantitative estimate of drug-likeness (QED) is 0.759. The Morgan fingerprint density at radius 1 is 1.26 bits per heavy atom. The number of fused-ring (bicyclic) bond motifs is 1. The van der Waals surface area contributed by atoms with Crippen molar-refractivity contribution in [3.05, 3.63) is 48.0 Å². The lowest BCUT2D eigenvalue weighted by Crippen LogP contribution is -2.38. The fourth-order valence-corrected chi connectivity index (χ4v) is 4.67. The van der Waals surface area contributed by atoms with Gasteiger partial charge in [0.2, 0.25) is 0 Å². The summed E-state index contributed by atoms with van der Waals surface area (Å²) >= 11 is 0. The molecule has 5 nitrogen and oxygen atoms in total. The third-order valence-electron chi connectivity index (χ3n) is 5.73. The second kappa shape index (κ2) is 6.70. The van der Waals surface area contributed by atoms with Crippen LogP contribution in [0.3, 0.4) is 0 Å². The summed E-state index contributed by atoms with van der Waals surface area (Å²) in [5, 5.41) is 0. The Bertz CT molecular complexity index is 836. The van der Waals surface area contributed by atoms with Crippen molar-refractivity contribution in [3.63, 3.8) is 0 Å². The molecule has 2 aliphatic rings. The minimum atomic E-state index is -0.495. The number of aryl methyl sites for hydroxylation is 1. The fraction of sp³-hybridized carbons (Fsp3) is 0.545. The van der Waals surface area contributed by atoms with Gasteiger partial charge in [0.15, 0.2) is 0 Å². The van der Waals surface area contributed by atoms with Crippen molar-refractivity contribution >= 4 is 6.09 Å². The highest BCUT2D eigenvalue weighted by atomic mass is 16.6. The summed E-state index contributed by atoms with van der Waals surface area (Å²) in [6, 6.07) is 8.38. The largest absolute Gasteiger partial charge is 0.444 e. The number of amides is 1. The van der Waals surface area contributed by atoms with Crippen LogP contribution in [0.5, 0.6) is 0 Å². The SMILES string of the molecule is Cc1cccc(-n2ccnc2C2[C@H]3CCCC3CN2C(=O)OC(C)(C)C)c1. The molecule has 3 atom stereocenters. The maximum atomic E-state index is 13.0. The highest BCUT2D eigenvalue weighted by Gasteiger charge is 2.49. The van der Waals surface area contributed by atoms with Crippen molar-refractivity contribution in [1.29, 1.82) is 0 Å². The molecule has 1 aliphatic heterocycles. The smallest absolute Gasteiger partial charge is 0.410 e. The molecule has 1 aliphatic carbocycles. The second-order valence-corrected chi connectivity index (χ2v) is 8.93. The van der Waals surface area contributed by atoms with Gasteiger partial charge in [-0.15, -0.1) is 0 Å². The van der Waals surface area contributed by atoms with E-state index in [4.69, 9.17) is 9.72 Å². The zero-order valence-electron chi connectivity index (χ0n) is 16.7. The minimum absolute atomic E-state index is 0.0251. The number of rotatable bonds is 2. The van der Waals surface area contributed by atoms with Gasteiger partial charge in [0.1, 0.15) is 11.4 Å². The Balaban J connectivity index is 1.72. The molecule has 2 heterocycles. The number of benzene rings is 1. The Kier molecular flexibility index (Phi) is 4.49. The number of carbonyl (C=O) groups is 1. The number of hydrogen-bond acceptors (Lipinski definition) is 3. The van der Waals surface area contributed by atoms with Crippen molar-refractivity contribution in [2.75, 3.05) is 6.54 Å². The number of hydrogen-bond donors (Lipinski definition) is 0. The van der Waals surface area contributed by atoms with Crippen LogP contribution in [0.15, 0.2) is 36.7 Å². The summed E-state index contributed by atoms with van der Waals surface area (Å²) < 4.78 is 7.86. The molecule has 0 spiro atoms. The first-order valence-electron chi connectivity index (χ1n) is 9.93. The van der Waals surface area contributed by atoms with Gasteiger partial charge >= 0.3 is 6.09 Å². The lowest BCUT2D eigenvalue weighted by molar-refractivity contribution is 0.0190. The molecule has 0 bridgehead atoms. The van der Waals surface area contributed by atoms with E-state index < -0.39 is 5.60 Å². The maximum Gasteiger partial charge on any atom is 0.410 e. The summed E-state index contributed by atoms with van der Waals surface area (Å²) in [7, 11) is 0. The highest BCUT2D eigenvalue weighted by molar-refractivity contribution is 5.69. The molecule has 4 rings (SSSR count). The fourth-order valence-electron chi connectivity index (χ4n) is 4.67. The summed E-state index contributed by atoms with van der Waals surface area (Å²) in [5.74, 6) is 1.95. The van der Waals surface area contributed by atoms with Gasteiger partial charge in [-0.05, 0) is 70.1 Å². The van der Waals surface area contributed by atoms with Gasteiger partial charge in [0, 0.05) is 24.6 Å². The number of carbonyl (C=O) groups excluding carboxylic acids is 1. The van der Waals surface area contributed by atoms with E-state index in [-0.39, 0.29) is 12.1 Å². The van der Waals surface area contributed by atoms with Gasteiger partial charge in [-0.1, -0.05) is 18.6 Å². The predicted molar refractivity (Wildman–Crippen MR) is 105 cm³/mol. The lowest BCUT2D eigenvalue weighted by Gasteiger charge is -2.30. The Labute approximate surface area is 161 Å². The monoisotopic (exact) mass is 367 g/mol. The molecular formula is C22H29N3O2. The van der Waals surface area contributed by atoms with Crippen molar-refractivity contribution < 1.29 is 9.53 Å². The van der Waals surface area contributed by atoms with Crippen molar-refractivity contribution in [3.8, 4) is 5.69 Å². The van der Waals surface area contributed by atoms with Crippen LogP contribution in [0.25, 0.3) is 5.69 Å². The minimum Gasteiger partial charge on any atom is -0.444 e. The molecule has 1 saturated heterocycles. The predicted octanol–water partition coefficient (Wildman–Crippen LogP) is 4.89. The molecule has 1 aromatic carbocycles. The normalized spacial score (nSPS) is 24.9. The molecule has 2 fully saturated rings. The van der Waals surface area contributed by atoms with Crippen LogP contribution in [0.1, 0.15) is 57.5 Å². The van der Waals surface area contributed by atoms with Crippen LogP contribution in [0.2, 0.25) is 0 Å². The Morgan fingerprint density at radius 3 is 2.81 bits per heavy atom. The molecule has 144 valence electrons. The molecular weight excluding hydrogens is 338 g/mol. The third kappa shape index (κ3) is 3.47. The van der Waals surface area contributed by atoms with E-state index in [9.17, 15) is 4.79 Å². The van der Waals surface area contributed by atoms with E-state index in [1.807, 2.05) is 38.1 Å². The van der Waals surface area contributed by atoms with Crippen LogP contribution in [-0.4, -0.2) is 32.7 Å². The van der Waals surface area contributed by atoms with Gasteiger partial charge in [-0.3, -0.25) is 4.90 Å². The number of imidazole rings is 1. The summed E-state index contributed by atoms with van der Waals surface area (Å²) in [4.78, 5) is 19.6. The average Bonchev–Trinajstić information content (AvgIpc) is 3.28. The maximum absolute atomic E-state index is 13.0. The van der Waals surface area contributed by atoms with Gasteiger partial charge < -0.3 is 9.30 Å². The highest BCUT2D eigenvalue weighted by Crippen LogP contribution is 2.49. The molecule has 27 heavy (non-hydrogen) atoms. The first-order valence-corrected chi connectivity index (χ1v) is 9.93.